The fourth-order valence-corrected chi connectivity index (χ4v) is 1.54. The van der Waals surface area contributed by atoms with Crippen LogP contribution in [0.2, 0.25) is 0 Å². The minimum Gasteiger partial charge on any atom is -0.387 e. The lowest BCUT2D eigenvalue weighted by Gasteiger charge is -2.21. The summed E-state index contributed by atoms with van der Waals surface area (Å²) in [6.45, 7) is 0.676. The van der Waals surface area contributed by atoms with E-state index in [0.29, 0.717) is 13.0 Å². The van der Waals surface area contributed by atoms with Gasteiger partial charge in [-0.25, -0.2) is 8.78 Å². The molecule has 0 saturated carbocycles. The molecular formula is C12H18F2N2O. The van der Waals surface area contributed by atoms with E-state index < -0.39 is 23.8 Å². The highest BCUT2D eigenvalue weighted by Gasteiger charge is 2.20. The van der Waals surface area contributed by atoms with Gasteiger partial charge in [0.15, 0.2) is 0 Å². The first-order valence-corrected chi connectivity index (χ1v) is 5.45. The summed E-state index contributed by atoms with van der Waals surface area (Å²) in [6, 6.07) is 2.37. The molecular weight excluding hydrogens is 226 g/mol. The number of nitrogens with zero attached hydrogens (tertiary/aromatic N) is 1. The molecule has 0 spiro atoms. The van der Waals surface area contributed by atoms with Gasteiger partial charge >= 0.3 is 0 Å². The topological polar surface area (TPSA) is 49.5 Å². The molecule has 0 aliphatic rings. The van der Waals surface area contributed by atoms with Crippen molar-refractivity contribution in [2.45, 2.75) is 18.6 Å². The summed E-state index contributed by atoms with van der Waals surface area (Å²) >= 11 is 0. The summed E-state index contributed by atoms with van der Waals surface area (Å²) in [6.07, 6.45) is -0.685. The van der Waals surface area contributed by atoms with Crippen LogP contribution >= 0.6 is 0 Å². The van der Waals surface area contributed by atoms with E-state index in [-0.39, 0.29) is 5.56 Å². The molecule has 0 amide bonds. The lowest BCUT2D eigenvalue weighted by molar-refractivity contribution is 0.133. The van der Waals surface area contributed by atoms with Crippen molar-refractivity contribution in [1.29, 1.82) is 0 Å². The monoisotopic (exact) mass is 244 g/mol. The van der Waals surface area contributed by atoms with Crippen LogP contribution in [0.3, 0.4) is 0 Å². The number of benzene rings is 1. The average Bonchev–Trinajstić information content (AvgIpc) is 2.28. The van der Waals surface area contributed by atoms with Crippen molar-refractivity contribution in [3.05, 3.63) is 35.4 Å². The molecule has 0 bridgehead atoms. The second-order valence-electron chi connectivity index (χ2n) is 4.37. The Morgan fingerprint density at radius 2 is 2.00 bits per heavy atom. The molecule has 0 radical (unpaired) electrons. The zero-order chi connectivity index (χ0) is 13.0. The Morgan fingerprint density at radius 3 is 2.59 bits per heavy atom. The molecule has 3 N–H and O–H groups in total. The molecule has 96 valence electrons. The normalized spacial score (nSPS) is 15.0. The van der Waals surface area contributed by atoms with Crippen LogP contribution in [0.5, 0.6) is 0 Å². The average molecular weight is 244 g/mol. The first kappa shape index (κ1) is 14.0. The Balaban J connectivity index is 2.74. The van der Waals surface area contributed by atoms with Crippen LogP contribution in [-0.2, 0) is 0 Å². The SMILES string of the molecule is CN(C)CCC(N)C(O)c1cc(F)ccc1F. The van der Waals surface area contributed by atoms with Crippen LogP contribution in [0.1, 0.15) is 18.1 Å². The molecule has 17 heavy (non-hydrogen) atoms. The van der Waals surface area contributed by atoms with Crippen molar-refractivity contribution >= 4 is 0 Å². The fourth-order valence-electron chi connectivity index (χ4n) is 1.54. The van der Waals surface area contributed by atoms with E-state index in [4.69, 9.17) is 5.73 Å². The summed E-state index contributed by atoms with van der Waals surface area (Å²) < 4.78 is 26.3. The van der Waals surface area contributed by atoms with Crippen molar-refractivity contribution in [1.82, 2.24) is 4.90 Å². The van der Waals surface area contributed by atoms with E-state index in [2.05, 4.69) is 0 Å². The van der Waals surface area contributed by atoms with Gasteiger partial charge in [0.05, 0.1) is 6.10 Å². The Hall–Kier alpha value is -1.04. The lowest BCUT2D eigenvalue weighted by atomic mass is 10.00. The molecule has 1 rings (SSSR count). The molecule has 0 heterocycles. The Morgan fingerprint density at radius 1 is 1.35 bits per heavy atom. The standard InChI is InChI=1S/C12H18F2N2O/c1-16(2)6-5-11(15)12(17)9-7-8(13)3-4-10(9)14/h3-4,7,11-12,17H,5-6,15H2,1-2H3. The van der Waals surface area contributed by atoms with Crippen molar-refractivity contribution in [3.63, 3.8) is 0 Å². The van der Waals surface area contributed by atoms with Crippen LogP contribution in [0.25, 0.3) is 0 Å². The van der Waals surface area contributed by atoms with Gasteiger partial charge in [-0.3, -0.25) is 0 Å². The van der Waals surface area contributed by atoms with E-state index in [9.17, 15) is 13.9 Å². The van der Waals surface area contributed by atoms with Gasteiger partial charge in [0.2, 0.25) is 0 Å². The van der Waals surface area contributed by atoms with Gasteiger partial charge < -0.3 is 15.7 Å². The smallest absolute Gasteiger partial charge is 0.129 e. The highest BCUT2D eigenvalue weighted by Crippen LogP contribution is 2.21. The van der Waals surface area contributed by atoms with Gasteiger partial charge in [0.1, 0.15) is 11.6 Å². The van der Waals surface area contributed by atoms with E-state index in [1.807, 2.05) is 19.0 Å². The quantitative estimate of drug-likeness (QED) is 0.820. The number of aliphatic hydroxyl groups is 1. The molecule has 2 atom stereocenters. The van der Waals surface area contributed by atoms with Crippen molar-refractivity contribution < 1.29 is 13.9 Å². The minimum absolute atomic E-state index is 0.0868. The zero-order valence-electron chi connectivity index (χ0n) is 10.0. The molecule has 0 aromatic heterocycles. The van der Waals surface area contributed by atoms with E-state index in [1.54, 1.807) is 0 Å². The third-order valence-electron chi connectivity index (χ3n) is 2.59. The van der Waals surface area contributed by atoms with Crippen LogP contribution in [-0.4, -0.2) is 36.7 Å². The van der Waals surface area contributed by atoms with Crippen LogP contribution in [0.15, 0.2) is 18.2 Å². The van der Waals surface area contributed by atoms with E-state index in [0.717, 1.165) is 18.2 Å². The third-order valence-corrected chi connectivity index (χ3v) is 2.59. The minimum atomic E-state index is -1.19. The van der Waals surface area contributed by atoms with Gasteiger partial charge in [-0.1, -0.05) is 0 Å². The van der Waals surface area contributed by atoms with Crippen LogP contribution in [0, 0.1) is 11.6 Å². The second-order valence-corrected chi connectivity index (χ2v) is 4.37. The summed E-state index contributed by atoms with van der Waals surface area (Å²) in [4.78, 5) is 1.91. The first-order valence-electron chi connectivity index (χ1n) is 5.45. The van der Waals surface area contributed by atoms with E-state index >= 15 is 0 Å². The molecule has 0 fully saturated rings. The number of halogens is 2. The van der Waals surface area contributed by atoms with Crippen molar-refractivity contribution in [3.8, 4) is 0 Å². The maximum atomic E-state index is 13.4. The number of rotatable bonds is 5. The summed E-state index contributed by atoms with van der Waals surface area (Å²) in [7, 11) is 3.75. The number of nitrogens with two attached hydrogens (primary N) is 1. The van der Waals surface area contributed by atoms with Gasteiger partial charge in [-0.2, -0.15) is 0 Å². The molecule has 2 unspecified atom stereocenters. The molecule has 0 aliphatic carbocycles. The maximum Gasteiger partial charge on any atom is 0.129 e. The zero-order valence-corrected chi connectivity index (χ0v) is 10.0. The predicted octanol–water partition coefficient (Wildman–Crippen LogP) is 1.28. The lowest BCUT2D eigenvalue weighted by Crippen LogP contribution is -2.32. The Kier molecular flexibility index (Phi) is 4.99. The fraction of sp³-hybridized carbons (Fsp3) is 0.500. The molecule has 1 aromatic rings. The molecule has 0 aliphatic heterocycles. The maximum absolute atomic E-state index is 13.4. The highest BCUT2D eigenvalue weighted by molar-refractivity contribution is 5.22. The Labute approximate surface area is 99.8 Å². The Bertz CT molecular complexity index is 372. The molecule has 1 aromatic carbocycles. The number of aliphatic hydroxyl groups excluding tert-OH is 1. The highest BCUT2D eigenvalue weighted by atomic mass is 19.1. The van der Waals surface area contributed by atoms with Crippen molar-refractivity contribution in [2.75, 3.05) is 20.6 Å². The largest absolute Gasteiger partial charge is 0.387 e. The summed E-state index contributed by atoms with van der Waals surface area (Å²) in [5.41, 5.74) is 5.66. The van der Waals surface area contributed by atoms with Crippen LogP contribution < -0.4 is 5.73 Å². The summed E-state index contributed by atoms with van der Waals surface area (Å²) in [5, 5.41) is 9.86. The molecule has 5 heteroatoms. The van der Waals surface area contributed by atoms with Gasteiger partial charge in [0.25, 0.3) is 0 Å². The van der Waals surface area contributed by atoms with Gasteiger partial charge in [-0.05, 0) is 45.3 Å². The van der Waals surface area contributed by atoms with Gasteiger partial charge in [0, 0.05) is 11.6 Å². The molecule has 0 saturated heterocycles. The number of hydrogen-bond donors (Lipinski definition) is 2. The first-order chi connectivity index (χ1) is 7.91. The summed E-state index contributed by atoms with van der Waals surface area (Å²) in [5.74, 6) is -1.22. The van der Waals surface area contributed by atoms with Crippen LogP contribution in [0.4, 0.5) is 8.78 Å². The van der Waals surface area contributed by atoms with E-state index in [1.165, 1.54) is 0 Å². The van der Waals surface area contributed by atoms with Crippen molar-refractivity contribution in [2.24, 2.45) is 5.73 Å². The third kappa shape index (κ3) is 4.03. The van der Waals surface area contributed by atoms with Gasteiger partial charge in [-0.15, -0.1) is 0 Å². The second kappa shape index (κ2) is 6.05. The predicted molar refractivity (Wildman–Crippen MR) is 62.5 cm³/mol. The molecule has 3 nitrogen and oxygen atoms in total. The number of hydrogen-bond acceptors (Lipinski definition) is 3.